The molecular formula is C14H16N2O2S. The SMILES string of the molecule is CC(Cc1cccs1)N(C)C(=O)c1cccc(=O)[nH]1. The van der Waals surface area contributed by atoms with Gasteiger partial charge in [-0.2, -0.15) is 0 Å². The first kappa shape index (κ1) is 13.5. The Morgan fingerprint density at radius 1 is 1.37 bits per heavy atom. The summed E-state index contributed by atoms with van der Waals surface area (Å²) in [6.07, 6.45) is 0.816. The Labute approximate surface area is 115 Å². The summed E-state index contributed by atoms with van der Waals surface area (Å²) in [5, 5.41) is 2.03. The van der Waals surface area contributed by atoms with Gasteiger partial charge in [-0.3, -0.25) is 9.59 Å². The highest BCUT2D eigenvalue weighted by Gasteiger charge is 2.18. The van der Waals surface area contributed by atoms with Crippen LogP contribution in [0.4, 0.5) is 0 Å². The molecule has 1 N–H and O–H groups in total. The van der Waals surface area contributed by atoms with Crippen LogP contribution in [-0.2, 0) is 6.42 Å². The monoisotopic (exact) mass is 276 g/mol. The van der Waals surface area contributed by atoms with Gasteiger partial charge in [-0.1, -0.05) is 12.1 Å². The van der Waals surface area contributed by atoms with E-state index in [1.807, 2.05) is 18.4 Å². The number of rotatable bonds is 4. The van der Waals surface area contributed by atoms with Gasteiger partial charge in [0, 0.05) is 30.5 Å². The van der Waals surface area contributed by atoms with Crippen molar-refractivity contribution in [2.75, 3.05) is 7.05 Å². The van der Waals surface area contributed by atoms with Gasteiger partial charge in [-0.05, 0) is 24.4 Å². The van der Waals surface area contributed by atoms with E-state index in [0.29, 0.717) is 5.69 Å². The van der Waals surface area contributed by atoms with Crippen molar-refractivity contribution in [3.8, 4) is 0 Å². The molecule has 2 heterocycles. The van der Waals surface area contributed by atoms with E-state index < -0.39 is 0 Å². The number of hydrogen-bond acceptors (Lipinski definition) is 3. The normalized spacial score (nSPS) is 12.1. The minimum atomic E-state index is -0.259. The van der Waals surface area contributed by atoms with E-state index in [1.165, 1.54) is 10.9 Å². The van der Waals surface area contributed by atoms with Crippen molar-refractivity contribution < 1.29 is 4.79 Å². The summed E-state index contributed by atoms with van der Waals surface area (Å²) in [7, 11) is 1.76. The molecule has 0 radical (unpaired) electrons. The zero-order valence-electron chi connectivity index (χ0n) is 10.9. The number of thiophene rings is 1. The highest BCUT2D eigenvalue weighted by molar-refractivity contribution is 7.09. The highest BCUT2D eigenvalue weighted by Crippen LogP contribution is 2.14. The summed E-state index contributed by atoms with van der Waals surface area (Å²) < 4.78 is 0. The molecule has 1 unspecified atom stereocenters. The molecular weight excluding hydrogens is 260 g/mol. The molecule has 0 aliphatic carbocycles. The molecule has 0 saturated heterocycles. The third-order valence-electron chi connectivity index (χ3n) is 3.06. The number of aromatic amines is 1. The summed E-state index contributed by atoms with van der Waals surface area (Å²) in [4.78, 5) is 28.9. The molecule has 0 aliphatic heterocycles. The van der Waals surface area contributed by atoms with Crippen LogP contribution in [0.5, 0.6) is 0 Å². The highest BCUT2D eigenvalue weighted by atomic mass is 32.1. The van der Waals surface area contributed by atoms with Crippen molar-refractivity contribution >= 4 is 17.2 Å². The number of carbonyl (C=O) groups is 1. The van der Waals surface area contributed by atoms with E-state index in [0.717, 1.165) is 6.42 Å². The molecule has 0 aliphatic rings. The maximum Gasteiger partial charge on any atom is 0.270 e. The first-order valence-electron chi connectivity index (χ1n) is 6.07. The molecule has 1 amide bonds. The Morgan fingerprint density at radius 3 is 2.79 bits per heavy atom. The van der Waals surface area contributed by atoms with Crippen LogP contribution in [0.15, 0.2) is 40.5 Å². The topological polar surface area (TPSA) is 53.2 Å². The van der Waals surface area contributed by atoms with E-state index >= 15 is 0 Å². The summed E-state index contributed by atoms with van der Waals surface area (Å²) in [6.45, 7) is 2.00. The lowest BCUT2D eigenvalue weighted by atomic mass is 10.1. The molecule has 2 rings (SSSR count). The number of nitrogens with one attached hydrogen (secondary N) is 1. The number of amides is 1. The average molecular weight is 276 g/mol. The Hall–Kier alpha value is -1.88. The molecule has 2 aromatic rings. The fourth-order valence-electron chi connectivity index (χ4n) is 1.82. The van der Waals surface area contributed by atoms with Crippen LogP contribution in [0, 0.1) is 0 Å². The Morgan fingerprint density at radius 2 is 2.16 bits per heavy atom. The smallest absolute Gasteiger partial charge is 0.270 e. The number of likely N-dealkylation sites (N-methyl/N-ethyl adjacent to an activating group) is 1. The van der Waals surface area contributed by atoms with Crippen LogP contribution in [0.25, 0.3) is 0 Å². The lowest BCUT2D eigenvalue weighted by Gasteiger charge is -2.24. The number of hydrogen-bond donors (Lipinski definition) is 1. The summed E-state index contributed by atoms with van der Waals surface area (Å²) in [5.41, 5.74) is 0.0678. The molecule has 1 atom stereocenters. The van der Waals surface area contributed by atoms with Gasteiger partial charge in [-0.25, -0.2) is 0 Å². The van der Waals surface area contributed by atoms with Gasteiger partial charge in [-0.15, -0.1) is 11.3 Å². The van der Waals surface area contributed by atoms with Crippen molar-refractivity contribution in [3.63, 3.8) is 0 Å². The number of carbonyl (C=O) groups excluding carboxylic acids is 1. The minimum absolute atomic E-state index is 0.0786. The van der Waals surface area contributed by atoms with E-state index in [1.54, 1.807) is 35.4 Å². The molecule has 0 bridgehead atoms. The van der Waals surface area contributed by atoms with Crippen LogP contribution < -0.4 is 5.56 Å². The standard InChI is InChI=1S/C14H16N2O2S/c1-10(9-11-5-4-8-19-11)16(2)14(18)12-6-3-7-13(17)15-12/h3-8,10H,9H2,1-2H3,(H,15,17). The van der Waals surface area contributed by atoms with Crippen molar-refractivity contribution in [3.05, 3.63) is 56.6 Å². The van der Waals surface area contributed by atoms with Crippen LogP contribution in [0.3, 0.4) is 0 Å². The maximum atomic E-state index is 12.2. The van der Waals surface area contributed by atoms with Crippen LogP contribution >= 0.6 is 11.3 Å². The predicted octanol–water partition coefficient (Wildman–Crippen LogP) is 2.14. The molecule has 0 saturated carbocycles. The van der Waals surface area contributed by atoms with Crippen LogP contribution in [0.1, 0.15) is 22.3 Å². The van der Waals surface area contributed by atoms with Gasteiger partial charge < -0.3 is 9.88 Å². The second-order valence-corrected chi connectivity index (χ2v) is 5.51. The van der Waals surface area contributed by atoms with Gasteiger partial charge in [0.2, 0.25) is 5.56 Å². The average Bonchev–Trinajstić information content (AvgIpc) is 2.89. The zero-order valence-corrected chi connectivity index (χ0v) is 11.7. The quantitative estimate of drug-likeness (QED) is 0.930. The summed E-state index contributed by atoms with van der Waals surface area (Å²) >= 11 is 1.68. The van der Waals surface area contributed by atoms with Gasteiger partial charge in [0.15, 0.2) is 0 Å². The fraction of sp³-hybridized carbons (Fsp3) is 0.286. The number of nitrogens with zero attached hydrogens (tertiary/aromatic N) is 1. The Balaban J connectivity index is 2.08. The zero-order chi connectivity index (χ0) is 13.8. The lowest BCUT2D eigenvalue weighted by molar-refractivity contribution is 0.0737. The number of H-pyrrole nitrogens is 1. The van der Waals surface area contributed by atoms with E-state index in [-0.39, 0.29) is 17.5 Å². The number of aromatic nitrogens is 1. The minimum Gasteiger partial charge on any atom is -0.337 e. The van der Waals surface area contributed by atoms with Gasteiger partial charge in [0.05, 0.1) is 0 Å². The molecule has 4 nitrogen and oxygen atoms in total. The van der Waals surface area contributed by atoms with E-state index in [9.17, 15) is 9.59 Å². The van der Waals surface area contributed by atoms with Crippen molar-refractivity contribution in [1.29, 1.82) is 0 Å². The van der Waals surface area contributed by atoms with Gasteiger partial charge in [0.25, 0.3) is 5.91 Å². The summed E-state index contributed by atoms with van der Waals surface area (Å²) in [5.74, 6) is -0.165. The second kappa shape index (κ2) is 5.84. The molecule has 0 spiro atoms. The molecule has 100 valence electrons. The van der Waals surface area contributed by atoms with E-state index in [2.05, 4.69) is 11.1 Å². The third-order valence-corrected chi connectivity index (χ3v) is 3.96. The maximum absolute atomic E-state index is 12.2. The van der Waals surface area contributed by atoms with Crippen LogP contribution in [0.2, 0.25) is 0 Å². The molecule has 19 heavy (non-hydrogen) atoms. The second-order valence-electron chi connectivity index (χ2n) is 4.48. The van der Waals surface area contributed by atoms with Crippen molar-refractivity contribution in [2.24, 2.45) is 0 Å². The van der Waals surface area contributed by atoms with Crippen molar-refractivity contribution in [2.45, 2.75) is 19.4 Å². The molecule has 0 aromatic carbocycles. The van der Waals surface area contributed by atoms with Gasteiger partial charge in [0.1, 0.15) is 5.69 Å². The molecule has 0 fully saturated rings. The van der Waals surface area contributed by atoms with Gasteiger partial charge >= 0.3 is 0 Å². The lowest BCUT2D eigenvalue weighted by Crippen LogP contribution is -2.37. The van der Waals surface area contributed by atoms with Crippen molar-refractivity contribution in [1.82, 2.24) is 9.88 Å². The largest absolute Gasteiger partial charge is 0.337 e. The number of pyridine rings is 1. The predicted molar refractivity (Wildman–Crippen MR) is 76.6 cm³/mol. The molecule has 2 aromatic heterocycles. The Bertz CT molecular complexity index is 604. The summed E-state index contributed by atoms with van der Waals surface area (Å²) in [6, 6.07) is 8.75. The van der Waals surface area contributed by atoms with E-state index in [4.69, 9.17) is 0 Å². The fourth-order valence-corrected chi connectivity index (χ4v) is 2.65. The molecule has 5 heteroatoms. The first-order valence-corrected chi connectivity index (χ1v) is 6.95. The first-order chi connectivity index (χ1) is 9.08. The Kier molecular flexibility index (Phi) is 4.16. The third kappa shape index (κ3) is 3.32. The van der Waals surface area contributed by atoms with Crippen LogP contribution in [-0.4, -0.2) is 28.9 Å².